The van der Waals surface area contributed by atoms with Crippen LogP contribution in [0.2, 0.25) is 10.0 Å². The molecule has 0 atom stereocenters. The van der Waals surface area contributed by atoms with Crippen LogP contribution in [0.1, 0.15) is 11.1 Å². The number of aromatic nitrogens is 2. The fourth-order valence-electron chi connectivity index (χ4n) is 2.40. The van der Waals surface area contributed by atoms with E-state index in [4.69, 9.17) is 39.4 Å². The van der Waals surface area contributed by atoms with Crippen LogP contribution in [-0.2, 0) is 6.61 Å². The lowest BCUT2D eigenvalue weighted by Gasteiger charge is -2.14. The molecule has 3 aromatic rings. The molecule has 3 rings (SSSR count). The molecule has 0 radical (unpaired) electrons. The Hall–Kier alpha value is -3.01. The predicted molar refractivity (Wildman–Crippen MR) is 102 cm³/mol. The molecule has 0 saturated carbocycles. The van der Waals surface area contributed by atoms with Crippen molar-refractivity contribution in [3.05, 3.63) is 63.6 Å². The van der Waals surface area contributed by atoms with Gasteiger partial charge in [0, 0.05) is 15.6 Å². The number of hydrogen-bond donors (Lipinski definition) is 2. The maximum atomic E-state index is 9.41. The van der Waals surface area contributed by atoms with Crippen molar-refractivity contribution < 1.29 is 4.74 Å². The third kappa shape index (κ3) is 3.80. The molecule has 0 aliphatic rings. The molecule has 0 aliphatic carbocycles. The second-order valence-electron chi connectivity index (χ2n) is 5.36. The average molecular weight is 386 g/mol. The first-order valence-electron chi connectivity index (χ1n) is 7.48. The van der Waals surface area contributed by atoms with Crippen molar-refractivity contribution >= 4 is 35.0 Å². The van der Waals surface area contributed by atoms with E-state index in [2.05, 4.69) is 9.97 Å². The molecule has 8 heteroatoms. The summed E-state index contributed by atoms with van der Waals surface area (Å²) in [5.41, 5.74) is 13.2. The highest BCUT2D eigenvalue weighted by molar-refractivity contribution is 6.31. The van der Waals surface area contributed by atoms with Gasteiger partial charge >= 0.3 is 0 Å². The van der Waals surface area contributed by atoms with Gasteiger partial charge in [0.05, 0.1) is 5.69 Å². The zero-order valence-electron chi connectivity index (χ0n) is 13.4. The van der Waals surface area contributed by atoms with Gasteiger partial charge in [0.2, 0.25) is 5.95 Å². The van der Waals surface area contributed by atoms with Gasteiger partial charge in [-0.05, 0) is 35.9 Å². The largest absolute Gasteiger partial charge is 0.488 e. The SMILES string of the molecule is N#Cc1c(N)nc(N)nc1-c1cc(Cl)ccc1OCc1cccc(Cl)c1. The van der Waals surface area contributed by atoms with Gasteiger partial charge in [-0.15, -0.1) is 0 Å². The number of benzene rings is 2. The van der Waals surface area contributed by atoms with Crippen LogP contribution in [-0.4, -0.2) is 9.97 Å². The molecular weight excluding hydrogens is 373 g/mol. The van der Waals surface area contributed by atoms with E-state index in [1.165, 1.54) is 0 Å². The summed E-state index contributed by atoms with van der Waals surface area (Å²) < 4.78 is 5.90. The van der Waals surface area contributed by atoms with Crippen molar-refractivity contribution in [2.45, 2.75) is 6.61 Å². The third-order valence-electron chi connectivity index (χ3n) is 3.55. The summed E-state index contributed by atoms with van der Waals surface area (Å²) in [6.07, 6.45) is 0. The van der Waals surface area contributed by atoms with Crippen LogP contribution in [0.4, 0.5) is 11.8 Å². The zero-order chi connectivity index (χ0) is 18.7. The molecule has 130 valence electrons. The van der Waals surface area contributed by atoms with E-state index in [-0.39, 0.29) is 29.6 Å². The van der Waals surface area contributed by atoms with Gasteiger partial charge in [-0.2, -0.15) is 10.2 Å². The molecule has 2 aromatic carbocycles. The molecule has 6 nitrogen and oxygen atoms in total. The minimum absolute atomic E-state index is 0.00392. The van der Waals surface area contributed by atoms with Crippen molar-refractivity contribution in [3.8, 4) is 23.1 Å². The topological polar surface area (TPSA) is 111 Å². The molecule has 0 spiro atoms. The summed E-state index contributed by atoms with van der Waals surface area (Å²) in [7, 11) is 0. The first-order chi connectivity index (χ1) is 12.5. The van der Waals surface area contributed by atoms with Crippen LogP contribution < -0.4 is 16.2 Å². The Balaban J connectivity index is 2.04. The van der Waals surface area contributed by atoms with Gasteiger partial charge in [-0.25, -0.2) is 4.98 Å². The fourth-order valence-corrected chi connectivity index (χ4v) is 2.79. The molecule has 0 unspecified atom stereocenters. The number of rotatable bonds is 4. The number of anilines is 2. The fraction of sp³-hybridized carbons (Fsp3) is 0.0556. The number of ether oxygens (including phenoxy) is 1. The smallest absolute Gasteiger partial charge is 0.222 e. The van der Waals surface area contributed by atoms with E-state index < -0.39 is 0 Å². The molecule has 1 aromatic heterocycles. The normalized spacial score (nSPS) is 10.3. The number of halogens is 2. The molecule has 0 fully saturated rings. The number of hydrogen-bond acceptors (Lipinski definition) is 6. The Morgan fingerprint density at radius 2 is 1.81 bits per heavy atom. The van der Waals surface area contributed by atoms with Crippen molar-refractivity contribution in [1.82, 2.24) is 9.97 Å². The number of nitrogen functional groups attached to an aromatic ring is 2. The highest BCUT2D eigenvalue weighted by Crippen LogP contribution is 2.35. The monoisotopic (exact) mass is 385 g/mol. The second kappa shape index (κ2) is 7.48. The lowest BCUT2D eigenvalue weighted by Crippen LogP contribution is -2.06. The molecule has 1 heterocycles. The summed E-state index contributed by atoms with van der Waals surface area (Å²) in [5.74, 6) is 0.427. The summed E-state index contributed by atoms with van der Waals surface area (Å²) in [6, 6.07) is 14.3. The number of nitriles is 1. The first kappa shape index (κ1) is 17.8. The second-order valence-corrected chi connectivity index (χ2v) is 6.23. The molecule has 26 heavy (non-hydrogen) atoms. The average Bonchev–Trinajstić information content (AvgIpc) is 2.60. The van der Waals surface area contributed by atoms with E-state index in [9.17, 15) is 5.26 Å². The predicted octanol–water partition coefficient (Wildman–Crippen LogP) is 4.07. The van der Waals surface area contributed by atoms with E-state index in [0.717, 1.165) is 5.56 Å². The van der Waals surface area contributed by atoms with Gasteiger partial charge in [0.1, 0.15) is 29.8 Å². The van der Waals surface area contributed by atoms with Crippen LogP contribution in [0.15, 0.2) is 42.5 Å². The Morgan fingerprint density at radius 1 is 1.04 bits per heavy atom. The maximum absolute atomic E-state index is 9.41. The van der Waals surface area contributed by atoms with Crippen LogP contribution in [0.25, 0.3) is 11.3 Å². The van der Waals surface area contributed by atoms with Gasteiger partial charge in [0.15, 0.2) is 0 Å². The molecular formula is C18H13Cl2N5O. The van der Waals surface area contributed by atoms with Gasteiger partial charge in [-0.3, -0.25) is 0 Å². The maximum Gasteiger partial charge on any atom is 0.222 e. The lowest BCUT2D eigenvalue weighted by molar-refractivity contribution is 0.307. The highest BCUT2D eigenvalue weighted by Gasteiger charge is 2.17. The van der Waals surface area contributed by atoms with Crippen molar-refractivity contribution in [2.75, 3.05) is 11.5 Å². The third-order valence-corrected chi connectivity index (χ3v) is 4.02. The number of nitrogens with two attached hydrogens (primary N) is 2. The Labute approximate surface area is 160 Å². The Bertz CT molecular complexity index is 1020. The summed E-state index contributed by atoms with van der Waals surface area (Å²) in [4.78, 5) is 7.97. The van der Waals surface area contributed by atoms with Gasteiger partial charge < -0.3 is 16.2 Å². The minimum atomic E-state index is -0.0442. The minimum Gasteiger partial charge on any atom is -0.488 e. The van der Waals surface area contributed by atoms with Crippen molar-refractivity contribution in [1.29, 1.82) is 5.26 Å². The van der Waals surface area contributed by atoms with Crippen LogP contribution in [0.5, 0.6) is 5.75 Å². The quantitative estimate of drug-likeness (QED) is 0.699. The molecule has 0 aliphatic heterocycles. The zero-order valence-corrected chi connectivity index (χ0v) is 14.9. The van der Waals surface area contributed by atoms with Gasteiger partial charge in [-0.1, -0.05) is 35.3 Å². The van der Waals surface area contributed by atoms with Crippen LogP contribution >= 0.6 is 23.2 Å². The Morgan fingerprint density at radius 3 is 2.54 bits per heavy atom. The standard InChI is InChI=1S/C18H13Cl2N5O/c19-11-3-1-2-10(6-11)9-26-15-5-4-12(20)7-13(15)16-14(8-21)17(22)25-18(23)24-16/h1-7H,9H2,(H4,22,23,24,25). The summed E-state index contributed by atoms with van der Waals surface area (Å²) in [5, 5.41) is 10.5. The van der Waals surface area contributed by atoms with E-state index >= 15 is 0 Å². The van der Waals surface area contributed by atoms with Crippen molar-refractivity contribution in [3.63, 3.8) is 0 Å². The molecule has 4 N–H and O–H groups in total. The number of nitrogens with zero attached hydrogens (tertiary/aromatic N) is 3. The summed E-state index contributed by atoms with van der Waals surface area (Å²) >= 11 is 12.1. The molecule has 0 bridgehead atoms. The highest BCUT2D eigenvalue weighted by atomic mass is 35.5. The van der Waals surface area contributed by atoms with Gasteiger partial charge in [0.25, 0.3) is 0 Å². The van der Waals surface area contributed by atoms with E-state index in [1.807, 2.05) is 18.2 Å². The summed E-state index contributed by atoms with van der Waals surface area (Å²) in [6.45, 7) is 0.271. The van der Waals surface area contributed by atoms with E-state index in [1.54, 1.807) is 30.3 Å². The van der Waals surface area contributed by atoms with E-state index in [0.29, 0.717) is 21.4 Å². The van der Waals surface area contributed by atoms with Crippen molar-refractivity contribution in [2.24, 2.45) is 0 Å². The van der Waals surface area contributed by atoms with Crippen LogP contribution in [0.3, 0.4) is 0 Å². The lowest BCUT2D eigenvalue weighted by atomic mass is 10.1. The molecule has 0 saturated heterocycles. The molecule has 0 amide bonds. The first-order valence-corrected chi connectivity index (χ1v) is 8.24. The van der Waals surface area contributed by atoms with Crippen LogP contribution in [0, 0.1) is 11.3 Å². The Kier molecular flexibility index (Phi) is 5.12.